The molecule has 0 unspecified atom stereocenters. The van der Waals surface area contributed by atoms with E-state index in [4.69, 9.17) is 0 Å². The largest absolute Gasteiger partial charge is 0.301 e. The molecule has 4 nitrogen and oxygen atoms in total. The van der Waals surface area contributed by atoms with Gasteiger partial charge < -0.3 is 4.90 Å². The van der Waals surface area contributed by atoms with E-state index in [2.05, 4.69) is 11.8 Å². The van der Waals surface area contributed by atoms with Gasteiger partial charge >= 0.3 is 0 Å². The minimum Gasteiger partial charge on any atom is -0.301 e. The standard InChI is InChI=1S/C8H18N2O2S/c1-3-9-5-7-10(8-6-9)13(11,12)4-2/h3-8H2,1-2H3. The van der Waals surface area contributed by atoms with Crippen molar-refractivity contribution in [3.05, 3.63) is 0 Å². The van der Waals surface area contributed by atoms with E-state index in [1.807, 2.05) is 0 Å². The molecule has 1 fully saturated rings. The van der Waals surface area contributed by atoms with Gasteiger partial charge in [-0.3, -0.25) is 0 Å². The average molecular weight is 206 g/mol. The van der Waals surface area contributed by atoms with Gasteiger partial charge in [-0.1, -0.05) is 6.92 Å². The summed E-state index contributed by atoms with van der Waals surface area (Å²) in [6, 6.07) is 0. The van der Waals surface area contributed by atoms with Gasteiger partial charge in [-0.05, 0) is 13.5 Å². The number of likely N-dealkylation sites (N-methyl/N-ethyl adjacent to an activating group) is 1. The van der Waals surface area contributed by atoms with Crippen molar-refractivity contribution in [2.75, 3.05) is 38.5 Å². The highest BCUT2D eigenvalue weighted by Gasteiger charge is 2.24. The maximum atomic E-state index is 11.5. The van der Waals surface area contributed by atoms with Crippen molar-refractivity contribution in [2.24, 2.45) is 0 Å². The second kappa shape index (κ2) is 4.39. The third kappa shape index (κ3) is 2.65. The minimum atomic E-state index is -2.95. The zero-order valence-electron chi connectivity index (χ0n) is 8.36. The number of piperazine rings is 1. The van der Waals surface area contributed by atoms with Gasteiger partial charge in [-0.25, -0.2) is 8.42 Å². The predicted octanol–water partition coefficient (Wildman–Crippen LogP) is -0.0264. The Morgan fingerprint density at radius 1 is 1.08 bits per heavy atom. The molecule has 1 saturated heterocycles. The Balaban J connectivity index is 2.50. The summed E-state index contributed by atoms with van der Waals surface area (Å²) in [6.45, 7) is 7.87. The molecule has 0 amide bonds. The Kier molecular flexibility index (Phi) is 3.70. The maximum absolute atomic E-state index is 11.5. The molecule has 13 heavy (non-hydrogen) atoms. The molecule has 0 spiro atoms. The van der Waals surface area contributed by atoms with Gasteiger partial charge in [-0.15, -0.1) is 0 Å². The Bertz CT molecular complexity index is 243. The lowest BCUT2D eigenvalue weighted by molar-refractivity contribution is 0.196. The van der Waals surface area contributed by atoms with E-state index in [0.29, 0.717) is 13.1 Å². The van der Waals surface area contributed by atoms with E-state index in [1.54, 1.807) is 11.2 Å². The van der Waals surface area contributed by atoms with Crippen molar-refractivity contribution in [1.82, 2.24) is 9.21 Å². The number of hydrogen-bond donors (Lipinski definition) is 0. The molecule has 0 bridgehead atoms. The first-order valence-corrected chi connectivity index (χ1v) is 6.41. The molecular formula is C8H18N2O2S. The van der Waals surface area contributed by atoms with Crippen LogP contribution in [0.25, 0.3) is 0 Å². The summed E-state index contributed by atoms with van der Waals surface area (Å²) in [4.78, 5) is 2.27. The van der Waals surface area contributed by atoms with Crippen molar-refractivity contribution in [1.29, 1.82) is 0 Å². The van der Waals surface area contributed by atoms with Crippen molar-refractivity contribution in [3.8, 4) is 0 Å². The van der Waals surface area contributed by atoms with Crippen molar-refractivity contribution < 1.29 is 8.42 Å². The van der Waals surface area contributed by atoms with E-state index in [-0.39, 0.29) is 5.75 Å². The molecule has 1 aliphatic rings. The molecular weight excluding hydrogens is 188 g/mol. The van der Waals surface area contributed by atoms with Crippen LogP contribution in [0.5, 0.6) is 0 Å². The van der Waals surface area contributed by atoms with Crippen LogP contribution >= 0.6 is 0 Å². The fourth-order valence-electron chi connectivity index (χ4n) is 1.51. The molecule has 0 N–H and O–H groups in total. The Morgan fingerprint density at radius 3 is 2.00 bits per heavy atom. The summed E-state index contributed by atoms with van der Waals surface area (Å²) in [5, 5.41) is 0. The molecule has 0 aliphatic carbocycles. The molecule has 1 heterocycles. The topological polar surface area (TPSA) is 40.6 Å². The van der Waals surface area contributed by atoms with Crippen LogP contribution in [0.2, 0.25) is 0 Å². The molecule has 0 aromatic carbocycles. The van der Waals surface area contributed by atoms with E-state index < -0.39 is 10.0 Å². The fraction of sp³-hybridized carbons (Fsp3) is 1.00. The zero-order chi connectivity index (χ0) is 9.90. The van der Waals surface area contributed by atoms with Crippen LogP contribution in [0.15, 0.2) is 0 Å². The van der Waals surface area contributed by atoms with Crippen LogP contribution < -0.4 is 0 Å². The fourth-order valence-corrected chi connectivity index (χ4v) is 2.59. The van der Waals surface area contributed by atoms with Gasteiger partial charge in [0.2, 0.25) is 10.0 Å². The molecule has 0 aromatic heterocycles. The van der Waals surface area contributed by atoms with E-state index in [9.17, 15) is 8.42 Å². The zero-order valence-corrected chi connectivity index (χ0v) is 9.18. The smallest absolute Gasteiger partial charge is 0.213 e. The van der Waals surface area contributed by atoms with Crippen molar-refractivity contribution in [3.63, 3.8) is 0 Å². The lowest BCUT2D eigenvalue weighted by atomic mass is 10.4. The predicted molar refractivity (Wildman–Crippen MR) is 53.1 cm³/mol. The van der Waals surface area contributed by atoms with Gasteiger partial charge in [-0.2, -0.15) is 4.31 Å². The summed E-state index contributed by atoms with van der Waals surface area (Å²) in [5.41, 5.74) is 0. The Morgan fingerprint density at radius 2 is 1.62 bits per heavy atom. The molecule has 0 saturated carbocycles. The first kappa shape index (κ1) is 10.9. The highest BCUT2D eigenvalue weighted by molar-refractivity contribution is 7.89. The number of rotatable bonds is 3. The average Bonchev–Trinajstić information content (AvgIpc) is 2.18. The van der Waals surface area contributed by atoms with Crippen LogP contribution in [0.4, 0.5) is 0 Å². The molecule has 0 aromatic rings. The quantitative estimate of drug-likeness (QED) is 0.651. The first-order valence-electron chi connectivity index (χ1n) is 4.80. The van der Waals surface area contributed by atoms with Crippen molar-refractivity contribution in [2.45, 2.75) is 13.8 Å². The highest BCUT2D eigenvalue weighted by Crippen LogP contribution is 2.06. The van der Waals surface area contributed by atoms with Crippen LogP contribution in [-0.4, -0.2) is 56.1 Å². The Labute approximate surface area is 80.6 Å². The molecule has 0 radical (unpaired) electrons. The lowest BCUT2D eigenvalue weighted by Gasteiger charge is -2.32. The summed E-state index contributed by atoms with van der Waals surface area (Å²) >= 11 is 0. The van der Waals surface area contributed by atoms with Crippen LogP contribution in [0.3, 0.4) is 0 Å². The number of nitrogens with zero attached hydrogens (tertiary/aromatic N) is 2. The molecule has 0 atom stereocenters. The van der Waals surface area contributed by atoms with Crippen molar-refractivity contribution >= 4 is 10.0 Å². The van der Waals surface area contributed by atoms with Gasteiger partial charge in [0.1, 0.15) is 0 Å². The van der Waals surface area contributed by atoms with Gasteiger partial charge in [0, 0.05) is 26.2 Å². The normalized spacial score (nSPS) is 22.0. The SMILES string of the molecule is CCN1CCN(S(=O)(=O)CC)CC1. The van der Waals surface area contributed by atoms with Gasteiger partial charge in [0.05, 0.1) is 5.75 Å². The Hall–Kier alpha value is -0.130. The van der Waals surface area contributed by atoms with Crippen LogP contribution in [-0.2, 0) is 10.0 Å². The lowest BCUT2D eigenvalue weighted by Crippen LogP contribution is -2.48. The van der Waals surface area contributed by atoms with E-state index >= 15 is 0 Å². The maximum Gasteiger partial charge on any atom is 0.213 e. The van der Waals surface area contributed by atoms with E-state index in [0.717, 1.165) is 19.6 Å². The van der Waals surface area contributed by atoms with Crippen LogP contribution in [0, 0.1) is 0 Å². The van der Waals surface area contributed by atoms with Gasteiger partial charge in [0.15, 0.2) is 0 Å². The molecule has 1 aliphatic heterocycles. The minimum absolute atomic E-state index is 0.221. The molecule has 5 heteroatoms. The monoisotopic (exact) mass is 206 g/mol. The summed E-state index contributed by atoms with van der Waals surface area (Å²) in [6.07, 6.45) is 0. The molecule has 78 valence electrons. The summed E-state index contributed by atoms with van der Waals surface area (Å²) < 4.78 is 24.5. The number of hydrogen-bond acceptors (Lipinski definition) is 3. The summed E-state index contributed by atoms with van der Waals surface area (Å²) in [7, 11) is -2.95. The summed E-state index contributed by atoms with van der Waals surface area (Å²) in [5.74, 6) is 0.221. The second-order valence-corrected chi connectivity index (χ2v) is 5.49. The highest BCUT2D eigenvalue weighted by atomic mass is 32.2. The molecule has 1 rings (SSSR count). The third-order valence-electron chi connectivity index (χ3n) is 2.54. The third-order valence-corrected chi connectivity index (χ3v) is 4.42. The van der Waals surface area contributed by atoms with Crippen LogP contribution in [0.1, 0.15) is 13.8 Å². The van der Waals surface area contributed by atoms with E-state index in [1.165, 1.54) is 0 Å². The number of sulfonamides is 1. The van der Waals surface area contributed by atoms with Gasteiger partial charge in [0.25, 0.3) is 0 Å². The first-order chi connectivity index (χ1) is 6.10. The second-order valence-electron chi connectivity index (χ2n) is 3.23.